The summed E-state index contributed by atoms with van der Waals surface area (Å²) in [6.45, 7) is 1.70. The van der Waals surface area contributed by atoms with Crippen molar-refractivity contribution in [3.8, 4) is 11.8 Å². The van der Waals surface area contributed by atoms with Crippen LogP contribution in [0.5, 0.6) is 0 Å². The molecular weight excluding hydrogens is 235 g/mol. The highest BCUT2D eigenvalue weighted by Crippen LogP contribution is 2.24. The SMILES string of the molecule is CC#CCOC(=O)c1c(Cl)cccc1Cl. The maximum absolute atomic E-state index is 11.5. The van der Waals surface area contributed by atoms with Crippen LogP contribution >= 0.6 is 23.2 Å². The predicted octanol–water partition coefficient (Wildman–Crippen LogP) is 3.17. The van der Waals surface area contributed by atoms with Gasteiger partial charge in [-0.05, 0) is 19.1 Å². The molecule has 0 bridgehead atoms. The van der Waals surface area contributed by atoms with Crippen molar-refractivity contribution in [3.05, 3.63) is 33.8 Å². The first-order valence-corrected chi connectivity index (χ1v) is 4.93. The van der Waals surface area contributed by atoms with Crippen LogP contribution in [0, 0.1) is 11.8 Å². The van der Waals surface area contributed by atoms with E-state index in [1.54, 1.807) is 25.1 Å². The van der Waals surface area contributed by atoms with E-state index >= 15 is 0 Å². The first-order valence-electron chi connectivity index (χ1n) is 4.17. The zero-order chi connectivity index (χ0) is 11.3. The summed E-state index contributed by atoms with van der Waals surface area (Å²) in [7, 11) is 0. The molecule has 0 radical (unpaired) electrons. The molecule has 0 fully saturated rings. The maximum atomic E-state index is 11.5. The summed E-state index contributed by atoms with van der Waals surface area (Å²) in [6, 6.07) is 4.82. The van der Waals surface area contributed by atoms with Gasteiger partial charge >= 0.3 is 5.97 Å². The number of hydrogen-bond acceptors (Lipinski definition) is 2. The highest BCUT2D eigenvalue weighted by Gasteiger charge is 2.15. The zero-order valence-electron chi connectivity index (χ0n) is 8.01. The number of esters is 1. The van der Waals surface area contributed by atoms with Gasteiger partial charge in [-0.2, -0.15) is 0 Å². The van der Waals surface area contributed by atoms with Gasteiger partial charge in [-0.3, -0.25) is 0 Å². The van der Waals surface area contributed by atoms with Crippen molar-refractivity contribution in [2.75, 3.05) is 6.61 Å². The largest absolute Gasteiger partial charge is 0.449 e. The Balaban J connectivity index is 2.85. The third-order valence-electron chi connectivity index (χ3n) is 1.62. The highest BCUT2D eigenvalue weighted by molar-refractivity contribution is 6.39. The van der Waals surface area contributed by atoms with E-state index in [-0.39, 0.29) is 22.2 Å². The van der Waals surface area contributed by atoms with Crippen LogP contribution in [-0.2, 0) is 4.74 Å². The van der Waals surface area contributed by atoms with Gasteiger partial charge in [0.2, 0.25) is 0 Å². The molecule has 1 aromatic rings. The summed E-state index contributed by atoms with van der Waals surface area (Å²) in [5, 5.41) is 0.550. The summed E-state index contributed by atoms with van der Waals surface area (Å²) < 4.78 is 4.85. The van der Waals surface area contributed by atoms with Crippen LogP contribution in [0.15, 0.2) is 18.2 Å². The lowest BCUT2D eigenvalue weighted by Crippen LogP contribution is -2.06. The van der Waals surface area contributed by atoms with Crippen LogP contribution in [0.1, 0.15) is 17.3 Å². The number of carbonyl (C=O) groups is 1. The molecule has 0 aliphatic carbocycles. The van der Waals surface area contributed by atoms with Gasteiger partial charge in [0.1, 0.15) is 0 Å². The Labute approximate surface area is 98.1 Å². The molecule has 0 unspecified atom stereocenters. The van der Waals surface area contributed by atoms with E-state index in [1.807, 2.05) is 0 Å². The first-order chi connectivity index (χ1) is 7.16. The quantitative estimate of drug-likeness (QED) is 0.589. The van der Waals surface area contributed by atoms with Gasteiger partial charge in [0.05, 0.1) is 15.6 Å². The van der Waals surface area contributed by atoms with Crippen LogP contribution in [0.25, 0.3) is 0 Å². The van der Waals surface area contributed by atoms with Gasteiger partial charge in [-0.25, -0.2) is 4.79 Å². The van der Waals surface area contributed by atoms with E-state index in [0.717, 1.165) is 0 Å². The highest BCUT2D eigenvalue weighted by atomic mass is 35.5. The molecule has 0 aromatic heterocycles. The smallest absolute Gasteiger partial charge is 0.342 e. The Morgan fingerprint density at radius 1 is 1.40 bits per heavy atom. The normalized spacial score (nSPS) is 9.00. The van der Waals surface area contributed by atoms with E-state index in [1.165, 1.54) is 0 Å². The maximum Gasteiger partial charge on any atom is 0.342 e. The number of ether oxygens (including phenoxy) is 1. The molecule has 2 nitrogen and oxygen atoms in total. The van der Waals surface area contributed by atoms with Crippen molar-refractivity contribution in [2.45, 2.75) is 6.92 Å². The van der Waals surface area contributed by atoms with Crippen LogP contribution in [0.3, 0.4) is 0 Å². The Hall–Kier alpha value is -1.17. The Kier molecular flexibility index (Phi) is 4.48. The van der Waals surface area contributed by atoms with E-state index in [2.05, 4.69) is 11.8 Å². The third kappa shape index (κ3) is 3.16. The minimum atomic E-state index is -0.562. The molecule has 0 aliphatic rings. The van der Waals surface area contributed by atoms with E-state index in [0.29, 0.717) is 0 Å². The number of halogens is 2. The van der Waals surface area contributed by atoms with Crippen molar-refractivity contribution in [3.63, 3.8) is 0 Å². The molecule has 1 rings (SSSR count). The Morgan fingerprint density at radius 3 is 2.53 bits per heavy atom. The number of carbonyl (C=O) groups excluding carboxylic acids is 1. The summed E-state index contributed by atoms with van der Waals surface area (Å²) in [5.74, 6) is 4.66. The zero-order valence-corrected chi connectivity index (χ0v) is 9.52. The molecule has 1 aromatic carbocycles. The lowest BCUT2D eigenvalue weighted by Gasteiger charge is -2.04. The van der Waals surface area contributed by atoms with E-state index < -0.39 is 5.97 Å². The average Bonchev–Trinajstić information content (AvgIpc) is 2.18. The molecule has 0 spiro atoms. The van der Waals surface area contributed by atoms with Crippen molar-refractivity contribution >= 4 is 29.2 Å². The fourth-order valence-electron chi connectivity index (χ4n) is 0.939. The van der Waals surface area contributed by atoms with Crippen molar-refractivity contribution in [2.24, 2.45) is 0 Å². The topological polar surface area (TPSA) is 26.3 Å². The van der Waals surface area contributed by atoms with Gasteiger partial charge < -0.3 is 4.74 Å². The molecule has 0 saturated carbocycles. The van der Waals surface area contributed by atoms with Gasteiger partial charge in [0, 0.05) is 0 Å². The standard InChI is InChI=1S/C11H8Cl2O2/c1-2-3-7-15-11(14)10-8(12)5-4-6-9(10)13/h4-6H,7H2,1H3. The van der Waals surface area contributed by atoms with Crippen LogP contribution in [-0.4, -0.2) is 12.6 Å². The molecule has 0 saturated heterocycles. The summed E-state index contributed by atoms with van der Waals surface area (Å²) in [4.78, 5) is 11.5. The first kappa shape index (κ1) is 11.9. The minimum absolute atomic E-state index is 0.0386. The summed E-state index contributed by atoms with van der Waals surface area (Å²) in [5.41, 5.74) is 0.179. The van der Waals surface area contributed by atoms with Crippen LogP contribution in [0.2, 0.25) is 10.0 Å². The number of rotatable bonds is 2. The molecule has 78 valence electrons. The van der Waals surface area contributed by atoms with Crippen molar-refractivity contribution in [1.82, 2.24) is 0 Å². The van der Waals surface area contributed by atoms with Gasteiger partial charge in [0.25, 0.3) is 0 Å². The number of benzene rings is 1. The van der Waals surface area contributed by atoms with Crippen LogP contribution < -0.4 is 0 Å². The fourth-order valence-corrected chi connectivity index (χ4v) is 1.49. The molecule has 0 N–H and O–H groups in total. The van der Waals surface area contributed by atoms with E-state index in [9.17, 15) is 4.79 Å². The second-order valence-electron chi connectivity index (χ2n) is 2.60. The Bertz CT molecular complexity index is 410. The van der Waals surface area contributed by atoms with Crippen molar-refractivity contribution < 1.29 is 9.53 Å². The number of hydrogen-bond donors (Lipinski definition) is 0. The molecule has 4 heteroatoms. The monoisotopic (exact) mass is 242 g/mol. The minimum Gasteiger partial charge on any atom is -0.449 e. The van der Waals surface area contributed by atoms with Gasteiger partial charge in [0.15, 0.2) is 6.61 Å². The van der Waals surface area contributed by atoms with Crippen molar-refractivity contribution in [1.29, 1.82) is 0 Å². The fraction of sp³-hybridized carbons (Fsp3) is 0.182. The van der Waals surface area contributed by atoms with Gasteiger partial charge in [-0.15, -0.1) is 5.92 Å². The second-order valence-corrected chi connectivity index (χ2v) is 3.41. The van der Waals surface area contributed by atoms with Gasteiger partial charge in [-0.1, -0.05) is 35.2 Å². The molecule has 15 heavy (non-hydrogen) atoms. The summed E-state index contributed by atoms with van der Waals surface area (Å²) >= 11 is 11.6. The third-order valence-corrected chi connectivity index (χ3v) is 2.25. The lowest BCUT2D eigenvalue weighted by atomic mass is 10.2. The molecular formula is C11H8Cl2O2. The molecule has 0 atom stereocenters. The molecule has 0 aliphatic heterocycles. The molecule has 0 amide bonds. The van der Waals surface area contributed by atoms with E-state index in [4.69, 9.17) is 27.9 Å². The summed E-state index contributed by atoms with van der Waals surface area (Å²) in [6.07, 6.45) is 0. The van der Waals surface area contributed by atoms with Crippen LogP contribution in [0.4, 0.5) is 0 Å². The predicted molar refractivity (Wildman–Crippen MR) is 60.2 cm³/mol. The lowest BCUT2D eigenvalue weighted by molar-refractivity contribution is 0.0557. The average molecular weight is 243 g/mol. The Morgan fingerprint density at radius 2 is 2.00 bits per heavy atom. The second kappa shape index (κ2) is 5.65. The molecule has 0 heterocycles.